The van der Waals surface area contributed by atoms with Crippen LogP contribution in [0.5, 0.6) is 11.5 Å². The zero-order valence-corrected chi connectivity index (χ0v) is 16.9. The molecule has 0 aromatic heterocycles. The molecule has 4 rings (SSSR count). The summed E-state index contributed by atoms with van der Waals surface area (Å²) in [5.74, 6) is 4.09. The Morgan fingerprint density at radius 2 is 1.25 bits per heavy atom. The van der Waals surface area contributed by atoms with Gasteiger partial charge < -0.3 is 9.47 Å². The zero-order valence-electron chi connectivity index (χ0n) is 16.9. The van der Waals surface area contributed by atoms with Gasteiger partial charge in [0.15, 0.2) is 0 Å². The maximum atomic E-state index is 13.1. The summed E-state index contributed by atoms with van der Waals surface area (Å²) < 4.78 is 10.8. The second-order valence-corrected chi connectivity index (χ2v) is 8.39. The monoisotopic (exact) mass is 378 g/mol. The van der Waals surface area contributed by atoms with Gasteiger partial charge in [0.05, 0.1) is 14.2 Å². The number of Topliss-reactive ketones (excluding diaryl/α,β-unsaturated/α-hetero) is 1. The first-order valence-electron chi connectivity index (χ1n) is 10.5. The van der Waals surface area contributed by atoms with Crippen molar-refractivity contribution in [3.05, 3.63) is 59.7 Å². The molecule has 2 aliphatic carbocycles. The van der Waals surface area contributed by atoms with Crippen LogP contribution in [0.3, 0.4) is 0 Å². The van der Waals surface area contributed by atoms with Crippen molar-refractivity contribution in [3.8, 4) is 11.5 Å². The first-order valence-corrected chi connectivity index (χ1v) is 10.5. The van der Waals surface area contributed by atoms with E-state index in [0.717, 1.165) is 11.5 Å². The fourth-order valence-corrected chi connectivity index (χ4v) is 4.43. The van der Waals surface area contributed by atoms with Gasteiger partial charge in [0.1, 0.15) is 17.3 Å². The molecule has 0 N–H and O–H groups in total. The number of benzene rings is 2. The number of ketones is 1. The summed E-state index contributed by atoms with van der Waals surface area (Å²) in [6, 6.07) is 16.5. The molecule has 148 valence electrons. The van der Waals surface area contributed by atoms with Gasteiger partial charge in [-0.15, -0.1) is 0 Å². The highest BCUT2D eigenvalue weighted by Gasteiger charge is 2.37. The first-order chi connectivity index (χ1) is 13.7. The Labute approximate surface area is 168 Å². The van der Waals surface area contributed by atoms with E-state index in [1.54, 1.807) is 14.2 Å². The Bertz CT molecular complexity index is 753. The molecule has 0 aliphatic heterocycles. The van der Waals surface area contributed by atoms with Crippen LogP contribution in [0.2, 0.25) is 0 Å². The fourth-order valence-electron chi connectivity index (χ4n) is 4.43. The first kappa shape index (κ1) is 19.0. The number of hydrogen-bond donors (Lipinski definition) is 0. The van der Waals surface area contributed by atoms with Crippen LogP contribution in [0, 0.1) is 11.8 Å². The number of rotatable bonds is 10. The summed E-state index contributed by atoms with van der Waals surface area (Å²) in [4.78, 5) is 13.1. The van der Waals surface area contributed by atoms with Gasteiger partial charge in [0, 0.05) is 12.8 Å². The number of hydrogen-bond acceptors (Lipinski definition) is 3. The molecule has 0 bridgehead atoms. The van der Waals surface area contributed by atoms with E-state index < -0.39 is 0 Å². The third-order valence-electron chi connectivity index (χ3n) is 6.32. The van der Waals surface area contributed by atoms with Crippen molar-refractivity contribution in [3.63, 3.8) is 0 Å². The van der Waals surface area contributed by atoms with E-state index in [-0.39, 0.29) is 0 Å². The minimum Gasteiger partial charge on any atom is -0.497 e. The molecule has 3 nitrogen and oxygen atoms in total. The highest BCUT2D eigenvalue weighted by atomic mass is 16.5. The molecule has 0 amide bonds. The molecule has 3 heteroatoms. The van der Waals surface area contributed by atoms with Gasteiger partial charge in [0.25, 0.3) is 0 Å². The van der Waals surface area contributed by atoms with Crippen molar-refractivity contribution in [1.29, 1.82) is 0 Å². The van der Waals surface area contributed by atoms with Crippen LogP contribution in [0.25, 0.3) is 0 Å². The number of methoxy groups -OCH3 is 2. The molecule has 0 spiro atoms. The van der Waals surface area contributed by atoms with Crippen LogP contribution in [-0.2, 0) is 4.79 Å². The van der Waals surface area contributed by atoms with Crippen molar-refractivity contribution in [2.45, 2.75) is 50.4 Å². The quantitative estimate of drug-likeness (QED) is 0.529. The van der Waals surface area contributed by atoms with Crippen molar-refractivity contribution in [2.24, 2.45) is 11.8 Å². The average Bonchev–Trinajstić information content (AvgIpc) is 3.63. The highest BCUT2D eigenvalue weighted by Crippen LogP contribution is 2.48. The van der Waals surface area contributed by atoms with E-state index in [0.29, 0.717) is 42.3 Å². The molecular weight excluding hydrogens is 348 g/mol. The maximum Gasteiger partial charge on any atom is 0.134 e. The zero-order chi connectivity index (χ0) is 19.5. The molecule has 2 atom stereocenters. The smallest absolute Gasteiger partial charge is 0.134 e. The topological polar surface area (TPSA) is 35.5 Å². The van der Waals surface area contributed by atoms with E-state index in [1.165, 1.54) is 36.8 Å². The lowest BCUT2D eigenvalue weighted by molar-refractivity contribution is -0.120. The lowest BCUT2D eigenvalue weighted by Gasteiger charge is -2.20. The minimum atomic E-state index is 0.327. The van der Waals surface area contributed by atoms with Crippen molar-refractivity contribution < 1.29 is 14.3 Å². The van der Waals surface area contributed by atoms with Crippen LogP contribution in [0.4, 0.5) is 0 Å². The minimum absolute atomic E-state index is 0.327. The molecule has 2 aromatic rings. The summed E-state index contributed by atoms with van der Waals surface area (Å²) in [7, 11) is 3.40. The molecular formula is C25H30O3. The SMILES string of the molecule is COc1cccc([C@@H](CC(=O)C[C@H](c2cccc(OC)c2)C2CC2)C2CC2)c1. The van der Waals surface area contributed by atoms with Gasteiger partial charge in [0.2, 0.25) is 0 Å². The highest BCUT2D eigenvalue weighted by molar-refractivity contribution is 5.80. The number of carbonyl (C=O) groups excluding carboxylic acids is 1. The lowest BCUT2D eigenvalue weighted by Crippen LogP contribution is -2.14. The van der Waals surface area contributed by atoms with Crippen molar-refractivity contribution >= 4 is 5.78 Å². The Kier molecular flexibility index (Phi) is 5.70. The molecule has 2 aromatic carbocycles. The Balaban J connectivity index is 1.47. The normalized spacial score (nSPS) is 18.4. The van der Waals surface area contributed by atoms with Gasteiger partial charge in [-0.25, -0.2) is 0 Å². The summed E-state index contributed by atoms with van der Waals surface area (Å²) in [6.45, 7) is 0. The van der Waals surface area contributed by atoms with Gasteiger partial charge in [-0.05, 0) is 84.7 Å². The molecule has 28 heavy (non-hydrogen) atoms. The summed E-state index contributed by atoms with van der Waals surface area (Å²) in [5, 5.41) is 0. The molecule has 2 saturated carbocycles. The van der Waals surface area contributed by atoms with Gasteiger partial charge >= 0.3 is 0 Å². The Morgan fingerprint density at radius 1 is 0.821 bits per heavy atom. The van der Waals surface area contributed by atoms with Gasteiger partial charge in [-0.2, -0.15) is 0 Å². The molecule has 0 heterocycles. The fraction of sp³-hybridized carbons (Fsp3) is 0.480. The third kappa shape index (κ3) is 4.57. The average molecular weight is 379 g/mol. The standard InChI is InChI=1S/C25H30O3/c1-27-22-7-3-5-19(13-22)24(17-9-10-17)15-21(26)16-25(18-11-12-18)20-6-4-8-23(14-20)28-2/h3-8,13-14,17-18,24-25H,9-12,15-16H2,1-2H3/t24-,25-/m0/s1. The van der Waals surface area contributed by atoms with Crippen LogP contribution < -0.4 is 9.47 Å². The van der Waals surface area contributed by atoms with Crippen LogP contribution in [-0.4, -0.2) is 20.0 Å². The van der Waals surface area contributed by atoms with E-state index in [9.17, 15) is 4.79 Å². The predicted octanol–water partition coefficient (Wildman–Crippen LogP) is 5.74. The van der Waals surface area contributed by atoms with Crippen LogP contribution in [0.1, 0.15) is 61.5 Å². The second kappa shape index (κ2) is 8.38. The van der Waals surface area contributed by atoms with Crippen molar-refractivity contribution in [1.82, 2.24) is 0 Å². The molecule has 2 fully saturated rings. The molecule has 0 saturated heterocycles. The van der Waals surface area contributed by atoms with Crippen LogP contribution in [0.15, 0.2) is 48.5 Å². The summed E-state index contributed by atoms with van der Waals surface area (Å²) in [6.07, 6.45) is 6.22. The predicted molar refractivity (Wildman–Crippen MR) is 111 cm³/mol. The Morgan fingerprint density at radius 3 is 1.61 bits per heavy atom. The van der Waals surface area contributed by atoms with E-state index in [2.05, 4.69) is 24.3 Å². The third-order valence-corrected chi connectivity index (χ3v) is 6.32. The molecule has 2 aliphatic rings. The molecule has 0 radical (unpaired) electrons. The van der Waals surface area contributed by atoms with Crippen molar-refractivity contribution in [2.75, 3.05) is 14.2 Å². The van der Waals surface area contributed by atoms with Crippen LogP contribution >= 0.6 is 0 Å². The Hall–Kier alpha value is -2.29. The van der Waals surface area contributed by atoms with E-state index in [4.69, 9.17) is 9.47 Å². The maximum absolute atomic E-state index is 13.1. The summed E-state index contributed by atoms with van der Waals surface area (Å²) >= 11 is 0. The second-order valence-electron chi connectivity index (χ2n) is 8.39. The number of carbonyl (C=O) groups is 1. The molecule has 0 unspecified atom stereocenters. The summed E-state index contributed by atoms with van der Waals surface area (Å²) in [5.41, 5.74) is 2.50. The largest absolute Gasteiger partial charge is 0.497 e. The van der Waals surface area contributed by atoms with E-state index >= 15 is 0 Å². The van der Waals surface area contributed by atoms with E-state index in [1.807, 2.05) is 24.3 Å². The number of ether oxygens (including phenoxy) is 2. The van der Waals surface area contributed by atoms with Gasteiger partial charge in [-0.1, -0.05) is 24.3 Å². The lowest BCUT2D eigenvalue weighted by atomic mass is 9.84. The van der Waals surface area contributed by atoms with Gasteiger partial charge in [-0.3, -0.25) is 4.79 Å².